The molecule has 2 aromatic rings. The van der Waals surface area contributed by atoms with Crippen molar-refractivity contribution in [3.63, 3.8) is 0 Å². The summed E-state index contributed by atoms with van der Waals surface area (Å²) in [6.45, 7) is 2.71. The van der Waals surface area contributed by atoms with E-state index in [0.717, 1.165) is 17.7 Å². The molecule has 1 aliphatic rings. The Morgan fingerprint density at radius 2 is 1.69 bits per heavy atom. The highest BCUT2D eigenvalue weighted by Gasteiger charge is 2.34. The van der Waals surface area contributed by atoms with E-state index >= 15 is 0 Å². The number of halogens is 3. The molecule has 3 rings (SSSR count). The van der Waals surface area contributed by atoms with Crippen LogP contribution in [0.15, 0.2) is 54.1 Å². The molecule has 0 radical (unpaired) electrons. The fourth-order valence-electron chi connectivity index (χ4n) is 3.75. The Balaban J connectivity index is 1.55. The highest BCUT2D eigenvalue weighted by molar-refractivity contribution is 5.94. The first kappa shape index (κ1) is 25.9. The average Bonchev–Trinajstić information content (AvgIpc) is 2.84. The molecule has 1 saturated heterocycles. The maximum absolute atomic E-state index is 13.1. The maximum Gasteiger partial charge on any atom is 0.417 e. The lowest BCUT2D eigenvalue weighted by molar-refractivity contribution is -0.138. The van der Waals surface area contributed by atoms with Crippen LogP contribution in [0.2, 0.25) is 0 Å². The van der Waals surface area contributed by atoms with Crippen molar-refractivity contribution in [2.45, 2.75) is 6.18 Å². The van der Waals surface area contributed by atoms with Crippen molar-refractivity contribution in [1.29, 1.82) is 5.26 Å². The Bertz CT molecular complexity index is 1120. The van der Waals surface area contributed by atoms with Gasteiger partial charge in [-0.1, -0.05) is 30.3 Å². The van der Waals surface area contributed by atoms with E-state index in [9.17, 15) is 22.8 Å². The van der Waals surface area contributed by atoms with Crippen molar-refractivity contribution < 1.29 is 27.5 Å². The van der Waals surface area contributed by atoms with Gasteiger partial charge in [-0.2, -0.15) is 18.4 Å². The van der Waals surface area contributed by atoms with Crippen LogP contribution >= 0.6 is 0 Å². The van der Waals surface area contributed by atoms with E-state index in [4.69, 9.17) is 10.00 Å². The number of ether oxygens (including phenoxy) is 1. The third-order valence-corrected chi connectivity index (χ3v) is 5.54. The highest BCUT2D eigenvalue weighted by Crippen LogP contribution is 2.33. The van der Waals surface area contributed by atoms with Crippen molar-refractivity contribution >= 4 is 23.6 Å². The van der Waals surface area contributed by atoms with Gasteiger partial charge in [0.1, 0.15) is 0 Å². The van der Waals surface area contributed by atoms with Crippen LogP contribution in [0, 0.1) is 11.3 Å². The van der Waals surface area contributed by atoms with Crippen LogP contribution in [0.3, 0.4) is 0 Å². The van der Waals surface area contributed by atoms with Gasteiger partial charge in [-0.25, -0.2) is 4.79 Å². The Morgan fingerprint density at radius 3 is 2.26 bits per heavy atom. The molecule has 1 N–H and O–H groups in total. The van der Waals surface area contributed by atoms with Crippen LogP contribution in [-0.2, 0) is 20.5 Å². The summed E-state index contributed by atoms with van der Waals surface area (Å²) >= 11 is 0. The minimum atomic E-state index is -4.69. The summed E-state index contributed by atoms with van der Waals surface area (Å²) in [6.07, 6.45) is -2.90. The van der Waals surface area contributed by atoms with Crippen LogP contribution < -0.4 is 5.32 Å². The fourth-order valence-corrected chi connectivity index (χ4v) is 3.75. The first-order valence-electron chi connectivity index (χ1n) is 10.9. The molecule has 35 heavy (non-hydrogen) atoms. The molecule has 0 aromatic heterocycles. The monoisotopic (exact) mass is 486 g/mol. The number of carbonyl (C=O) groups excluding carboxylic acids is 2. The predicted octanol–water partition coefficient (Wildman–Crippen LogP) is 3.39. The Hall–Kier alpha value is -3.68. The third-order valence-electron chi connectivity index (χ3n) is 5.54. The highest BCUT2D eigenvalue weighted by atomic mass is 19.4. The topological polar surface area (TPSA) is 85.7 Å². The molecule has 1 fully saturated rings. The second-order valence-corrected chi connectivity index (χ2v) is 8.04. The first-order chi connectivity index (χ1) is 16.7. The van der Waals surface area contributed by atoms with E-state index in [0.29, 0.717) is 38.3 Å². The number of esters is 1. The minimum absolute atomic E-state index is 0.0128. The van der Waals surface area contributed by atoms with Gasteiger partial charge >= 0.3 is 12.1 Å². The van der Waals surface area contributed by atoms with Crippen LogP contribution in [-0.4, -0.2) is 68.1 Å². The van der Waals surface area contributed by atoms with Crippen LogP contribution in [0.25, 0.3) is 6.08 Å². The molecule has 2 aromatic carbocycles. The average molecular weight is 486 g/mol. The van der Waals surface area contributed by atoms with Gasteiger partial charge in [0.2, 0.25) is 5.91 Å². The number of methoxy groups -OCH3 is 1. The van der Waals surface area contributed by atoms with E-state index in [1.54, 1.807) is 6.08 Å². The van der Waals surface area contributed by atoms with Crippen molar-refractivity contribution in [3.05, 3.63) is 70.8 Å². The van der Waals surface area contributed by atoms with E-state index in [1.807, 2.05) is 35.2 Å². The van der Waals surface area contributed by atoms with Crippen LogP contribution in [0.5, 0.6) is 0 Å². The summed E-state index contributed by atoms with van der Waals surface area (Å²) < 4.78 is 44.3. The number of anilines is 1. The molecular formula is C25H25F3N4O3. The van der Waals surface area contributed by atoms with Gasteiger partial charge < -0.3 is 10.1 Å². The first-order valence-corrected chi connectivity index (χ1v) is 10.9. The zero-order valence-electron chi connectivity index (χ0n) is 19.1. The Kier molecular flexibility index (Phi) is 8.63. The largest absolute Gasteiger partial charge is 0.466 e. The SMILES string of the molecule is COC(=O)/C(=C/c1ccccc1)CN1CCN(CC(=O)Nc2ccc(C#N)c(C(F)(F)F)c2)CC1. The number of alkyl halides is 3. The standard InChI is InChI=1S/C25H25F3N4O3/c1-35-24(34)20(13-18-5-3-2-4-6-18)16-31-9-11-32(12-10-31)17-23(33)30-21-8-7-19(15-29)22(14-21)25(26,27)28/h2-8,13-14H,9-12,16-17H2,1H3,(H,30,33)/b20-13+. The van der Waals surface area contributed by atoms with Gasteiger partial charge in [0.15, 0.2) is 0 Å². The summed E-state index contributed by atoms with van der Waals surface area (Å²) in [5.41, 5.74) is -0.199. The van der Waals surface area contributed by atoms with Gasteiger partial charge in [-0.05, 0) is 29.8 Å². The van der Waals surface area contributed by atoms with E-state index < -0.39 is 29.2 Å². The van der Waals surface area contributed by atoms with E-state index in [2.05, 4.69) is 10.2 Å². The molecule has 0 spiro atoms. The van der Waals surface area contributed by atoms with Crippen molar-refractivity contribution in [2.24, 2.45) is 0 Å². The summed E-state index contributed by atoms with van der Waals surface area (Å²) in [5.74, 6) is -0.855. The quantitative estimate of drug-likeness (QED) is 0.477. The number of rotatable bonds is 7. The minimum Gasteiger partial charge on any atom is -0.466 e. The molecule has 0 bridgehead atoms. The lowest BCUT2D eigenvalue weighted by Gasteiger charge is -2.34. The summed E-state index contributed by atoms with van der Waals surface area (Å²) in [6, 6.07) is 14.0. The molecule has 1 heterocycles. The normalized spacial score (nSPS) is 15.3. The molecule has 0 saturated carbocycles. The van der Waals surface area contributed by atoms with Crippen LogP contribution in [0.1, 0.15) is 16.7 Å². The number of nitrogens with one attached hydrogen (secondary N) is 1. The van der Waals surface area contributed by atoms with Gasteiger partial charge in [-0.3, -0.25) is 14.6 Å². The summed E-state index contributed by atoms with van der Waals surface area (Å²) in [7, 11) is 1.34. The van der Waals surface area contributed by atoms with Gasteiger partial charge in [-0.15, -0.1) is 0 Å². The molecule has 0 atom stereocenters. The fraction of sp³-hybridized carbons (Fsp3) is 0.320. The van der Waals surface area contributed by atoms with Crippen molar-refractivity contribution in [2.75, 3.05) is 51.7 Å². The third kappa shape index (κ3) is 7.40. The summed E-state index contributed by atoms with van der Waals surface area (Å²) in [5, 5.41) is 11.4. The molecule has 7 nitrogen and oxygen atoms in total. The van der Waals surface area contributed by atoms with Gasteiger partial charge in [0, 0.05) is 38.4 Å². The summed E-state index contributed by atoms with van der Waals surface area (Å²) in [4.78, 5) is 28.6. The maximum atomic E-state index is 13.1. The predicted molar refractivity (Wildman–Crippen MR) is 124 cm³/mol. The lowest BCUT2D eigenvalue weighted by Crippen LogP contribution is -2.49. The zero-order chi connectivity index (χ0) is 25.4. The number of nitriles is 1. The smallest absolute Gasteiger partial charge is 0.417 e. The molecule has 10 heteroatoms. The Morgan fingerprint density at radius 1 is 1.06 bits per heavy atom. The molecular weight excluding hydrogens is 461 g/mol. The van der Waals surface area contributed by atoms with Crippen molar-refractivity contribution in [1.82, 2.24) is 9.80 Å². The lowest BCUT2D eigenvalue weighted by atomic mass is 10.1. The second kappa shape index (κ2) is 11.6. The number of hydrogen-bond acceptors (Lipinski definition) is 6. The molecule has 0 aliphatic carbocycles. The number of amides is 1. The van der Waals surface area contributed by atoms with E-state index in [-0.39, 0.29) is 12.2 Å². The number of piperazine rings is 1. The van der Waals surface area contributed by atoms with Crippen LogP contribution in [0.4, 0.5) is 18.9 Å². The number of benzene rings is 2. The zero-order valence-corrected chi connectivity index (χ0v) is 19.1. The molecule has 1 aliphatic heterocycles. The number of nitrogens with zero attached hydrogens (tertiary/aromatic N) is 3. The second-order valence-electron chi connectivity index (χ2n) is 8.04. The number of carbonyl (C=O) groups is 2. The number of hydrogen-bond donors (Lipinski definition) is 1. The molecule has 0 unspecified atom stereocenters. The molecule has 1 amide bonds. The Labute approximate surface area is 201 Å². The molecule has 184 valence electrons. The van der Waals surface area contributed by atoms with E-state index in [1.165, 1.54) is 19.2 Å². The van der Waals surface area contributed by atoms with Gasteiger partial charge in [0.05, 0.1) is 36.4 Å². The van der Waals surface area contributed by atoms with Crippen molar-refractivity contribution in [3.8, 4) is 6.07 Å². The van der Waals surface area contributed by atoms with Gasteiger partial charge in [0.25, 0.3) is 0 Å².